The summed E-state index contributed by atoms with van der Waals surface area (Å²) in [5, 5.41) is 0. The highest BCUT2D eigenvalue weighted by Gasteiger charge is 2.20. The maximum Gasteiger partial charge on any atom is 0.0491 e. The third-order valence-electron chi connectivity index (χ3n) is 1.98. The monoisotopic (exact) mass is 129 g/mol. The van der Waals surface area contributed by atoms with Crippen LogP contribution in [0.25, 0.3) is 0 Å². The van der Waals surface area contributed by atoms with E-state index in [0.717, 1.165) is 18.9 Å². The molecule has 1 aliphatic carbocycles. The first-order valence-corrected chi connectivity index (χ1v) is 3.57. The van der Waals surface area contributed by atoms with Gasteiger partial charge in [0.25, 0.3) is 0 Å². The molecule has 0 saturated heterocycles. The number of rotatable bonds is 2. The molecule has 1 saturated carbocycles. The van der Waals surface area contributed by atoms with E-state index in [0.29, 0.717) is 6.04 Å². The van der Waals surface area contributed by atoms with Gasteiger partial charge in [0.1, 0.15) is 0 Å². The zero-order valence-electron chi connectivity index (χ0n) is 5.97. The molecule has 54 valence electrons. The van der Waals surface area contributed by atoms with Crippen molar-refractivity contribution in [3.05, 3.63) is 0 Å². The van der Waals surface area contributed by atoms with Crippen LogP contribution in [-0.4, -0.2) is 19.8 Å². The highest BCUT2D eigenvalue weighted by atomic mass is 16.5. The van der Waals surface area contributed by atoms with Gasteiger partial charge in [0, 0.05) is 19.8 Å². The highest BCUT2D eigenvalue weighted by molar-refractivity contribution is 4.76. The van der Waals surface area contributed by atoms with Gasteiger partial charge in [-0.1, -0.05) is 0 Å². The smallest absolute Gasteiger partial charge is 0.0491 e. The van der Waals surface area contributed by atoms with Crippen molar-refractivity contribution in [1.29, 1.82) is 0 Å². The van der Waals surface area contributed by atoms with E-state index in [4.69, 9.17) is 10.5 Å². The molecule has 2 atom stereocenters. The maximum atomic E-state index is 5.70. The molecule has 2 nitrogen and oxygen atoms in total. The second-order valence-electron chi connectivity index (χ2n) is 2.89. The van der Waals surface area contributed by atoms with Crippen LogP contribution in [0.2, 0.25) is 0 Å². The maximum absolute atomic E-state index is 5.70. The fourth-order valence-corrected chi connectivity index (χ4v) is 1.50. The van der Waals surface area contributed by atoms with E-state index in [2.05, 4.69) is 0 Å². The molecule has 0 aromatic heterocycles. The molecular formula is C7H15NO. The van der Waals surface area contributed by atoms with Gasteiger partial charge in [0.2, 0.25) is 0 Å². The Morgan fingerprint density at radius 1 is 1.56 bits per heavy atom. The lowest BCUT2D eigenvalue weighted by atomic mass is 10.1. The Bertz CT molecular complexity index is 83.0. The van der Waals surface area contributed by atoms with Crippen LogP contribution in [0, 0.1) is 5.92 Å². The molecule has 1 fully saturated rings. The van der Waals surface area contributed by atoms with Crippen LogP contribution in [0.5, 0.6) is 0 Å². The minimum Gasteiger partial charge on any atom is -0.384 e. The van der Waals surface area contributed by atoms with Gasteiger partial charge in [-0.05, 0) is 25.2 Å². The third kappa shape index (κ3) is 1.95. The van der Waals surface area contributed by atoms with E-state index in [1.54, 1.807) is 7.11 Å². The number of nitrogens with two attached hydrogens (primary N) is 1. The van der Waals surface area contributed by atoms with Gasteiger partial charge in [-0.15, -0.1) is 0 Å². The first-order valence-electron chi connectivity index (χ1n) is 3.57. The first-order chi connectivity index (χ1) is 4.33. The normalized spacial score (nSPS) is 35.3. The molecule has 0 aliphatic heterocycles. The molecule has 0 radical (unpaired) electrons. The Morgan fingerprint density at radius 3 is 2.78 bits per heavy atom. The summed E-state index contributed by atoms with van der Waals surface area (Å²) in [5.41, 5.74) is 5.70. The number of hydrogen-bond donors (Lipinski definition) is 1. The van der Waals surface area contributed by atoms with E-state index in [-0.39, 0.29) is 0 Å². The van der Waals surface area contributed by atoms with E-state index in [1.807, 2.05) is 0 Å². The summed E-state index contributed by atoms with van der Waals surface area (Å²) >= 11 is 0. The van der Waals surface area contributed by atoms with E-state index < -0.39 is 0 Å². The van der Waals surface area contributed by atoms with Crippen LogP contribution in [0.4, 0.5) is 0 Å². The minimum atomic E-state index is 0.449. The molecule has 0 bridgehead atoms. The van der Waals surface area contributed by atoms with Crippen LogP contribution in [0.3, 0.4) is 0 Å². The fraction of sp³-hybridized carbons (Fsp3) is 1.00. The predicted molar refractivity (Wildman–Crippen MR) is 37.2 cm³/mol. The van der Waals surface area contributed by atoms with Crippen LogP contribution >= 0.6 is 0 Å². The molecule has 0 unspecified atom stereocenters. The number of hydrogen-bond acceptors (Lipinski definition) is 2. The quantitative estimate of drug-likeness (QED) is 0.597. The first kappa shape index (κ1) is 7.03. The fourth-order valence-electron chi connectivity index (χ4n) is 1.50. The number of ether oxygens (including phenoxy) is 1. The largest absolute Gasteiger partial charge is 0.384 e. The van der Waals surface area contributed by atoms with Gasteiger partial charge in [0.15, 0.2) is 0 Å². The van der Waals surface area contributed by atoms with Crippen molar-refractivity contribution in [3.63, 3.8) is 0 Å². The SMILES string of the molecule is COC[C@@H]1CC[C@@H](N)C1. The van der Waals surface area contributed by atoms with Crippen molar-refractivity contribution in [2.45, 2.75) is 25.3 Å². The van der Waals surface area contributed by atoms with Crippen LogP contribution in [0.1, 0.15) is 19.3 Å². The zero-order valence-corrected chi connectivity index (χ0v) is 5.97. The second kappa shape index (κ2) is 3.18. The summed E-state index contributed by atoms with van der Waals surface area (Å²) in [6, 6.07) is 0.449. The molecular weight excluding hydrogens is 114 g/mol. The van der Waals surface area contributed by atoms with Crippen molar-refractivity contribution >= 4 is 0 Å². The van der Waals surface area contributed by atoms with Gasteiger partial charge in [-0.25, -0.2) is 0 Å². The van der Waals surface area contributed by atoms with Gasteiger partial charge in [-0.2, -0.15) is 0 Å². The van der Waals surface area contributed by atoms with Crippen molar-refractivity contribution in [3.8, 4) is 0 Å². The molecule has 1 rings (SSSR count). The number of methoxy groups -OCH3 is 1. The lowest BCUT2D eigenvalue weighted by Gasteiger charge is -2.05. The average molecular weight is 129 g/mol. The molecule has 0 aromatic rings. The highest BCUT2D eigenvalue weighted by Crippen LogP contribution is 2.23. The molecule has 0 heterocycles. The summed E-state index contributed by atoms with van der Waals surface area (Å²) in [5.74, 6) is 0.741. The van der Waals surface area contributed by atoms with Crippen molar-refractivity contribution in [2.75, 3.05) is 13.7 Å². The predicted octanol–water partition coefficient (Wildman–Crippen LogP) is 0.760. The van der Waals surface area contributed by atoms with E-state index in [9.17, 15) is 0 Å². The van der Waals surface area contributed by atoms with Crippen molar-refractivity contribution in [1.82, 2.24) is 0 Å². The van der Waals surface area contributed by atoms with Gasteiger partial charge in [0.05, 0.1) is 0 Å². The average Bonchev–Trinajstić information content (AvgIpc) is 2.17. The van der Waals surface area contributed by atoms with E-state index in [1.165, 1.54) is 12.8 Å². The molecule has 0 spiro atoms. The Hall–Kier alpha value is -0.0800. The standard InChI is InChI=1S/C7H15NO/c1-9-5-6-2-3-7(8)4-6/h6-7H,2-5,8H2,1H3/t6-,7-/m1/s1. The van der Waals surface area contributed by atoms with Gasteiger partial charge in [-0.3, -0.25) is 0 Å². The third-order valence-corrected chi connectivity index (χ3v) is 1.98. The Balaban J connectivity index is 2.14. The van der Waals surface area contributed by atoms with Crippen molar-refractivity contribution < 1.29 is 4.74 Å². The van der Waals surface area contributed by atoms with Crippen LogP contribution < -0.4 is 5.73 Å². The molecule has 1 aliphatic rings. The Morgan fingerprint density at radius 2 is 2.33 bits per heavy atom. The topological polar surface area (TPSA) is 35.2 Å². The van der Waals surface area contributed by atoms with Gasteiger partial charge < -0.3 is 10.5 Å². The second-order valence-corrected chi connectivity index (χ2v) is 2.89. The Kier molecular flexibility index (Phi) is 2.49. The minimum absolute atomic E-state index is 0.449. The summed E-state index contributed by atoms with van der Waals surface area (Å²) in [6.45, 7) is 0.897. The summed E-state index contributed by atoms with van der Waals surface area (Å²) < 4.78 is 5.02. The molecule has 2 N–H and O–H groups in total. The summed E-state index contributed by atoms with van der Waals surface area (Å²) in [4.78, 5) is 0. The zero-order chi connectivity index (χ0) is 6.69. The lowest BCUT2D eigenvalue weighted by molar-refractivity contribution is 0.154. The van der Waals surface area contributed by atoms with Gasteiger partial charge >= 0.3 is 0 Å². The molecule has 9 heavy (non-hydrogen) atoms. The summed E-state index contributed by atoms with van der Waals surface area (Å²) in [6.07, 6.45) is 3.61. The summed E-state index contributed by atoms with van der Waals surface area (Å²) in [7, 11) is 1.75. The molecule has 0 aromatic carbocycles. The molecule has 0 amide bonds. The van der Waals surface area contributed by atoms with E-state index >= 15 is 0 Å². The Labute approximate surface area is 56.4 Å². The molecule has 2 heteroatoms. The van der Waals surface area contributed by atoms with Crippen molar-refractivity contribution in [2.24, 2.45) is 11.7 Å². The lowest BCUT2D eigenvalue weighted by Crippen LogP contribution is -2.15. The van der Waals surface area contributed by atoms with Crippen LogP contribution in [-0.2, 0) is 4.74 Å². The van der Waals surface area contributed by atoms with Crippen LogP contribution in [0.15, 0.2) is 0 Å².